The minimum absolute atomic E-state index is 0.0453. The molecule has 0 saturated carbocycles. The summed E-state index contributed by atoms with van der Waals surface area (Å²) >= 11 is 1.34. The molecule has 1 aromatic carbocycles. The Balaban J connectivity index is 1.26. The van der Waals surface area contributed by atoms with E-state index in [0.29, 0.717) is 29.7 Å². The lowest BCUT2D eigenvalue weighted by molar-refractivity contribution is -0.154. The number of ether oxygens (including phenoxy) is 1. The lowest BCUT2D eigenvalue weighted by atomic mass is 9.74. The number of nitrogens with two attached hydrogens (primary N) is 1. The van der Waals surface area contributed by atoms with Crippen LogP contribution in [0.25, 0.3) is 11.1 Å². The van der Waals surface area contributed by atoms with Crippen LogP contribution in [0.15, 0.2) is 29.6 Å². The number of carbonyl (C=O) groups is 2. The van der Waals surface area contributed by atoms with Gasteiger partial charge in [-0.2, -0.15) is 0 Å². The predicted molar refractivity (Wildman–Crippen MR) is 131 cm³/mol. The van der Waals surface area contributed by atoms with Crippen LogP contribution in [0, 0.1) is 11.2 Å². The molecule has 6 nitrogen and oxygen atoms in total. The molecule has 1 atom stereocenters. The molecule has 3 fully saturated rings. The van der Waals surface area contributed by atoms with E-state index in [2.05, 4.69) is 4.90 Å². The first-order valence-corrected chi connectivity index (χ1v) is 13.0. The number of carbonyl (C=O) groups excluding carboxylic acids is 2. The van der Waals surface area contributed by atoms with Gasteiger partial charge in [-0.15, -0.1) is 11.3 Å². The van der Waals surface area contributed by atoms with E-state index in [4.69, 9.17) is 10.5 Å². The largest absolute Gasteiger partial charge is 0.459 e. The summed E-state index contributed by atoms with van der Waals surface area (Å²) in [6.07, 6.45) is 4.41. The number of nitrogens with zero attached hydrogens (tertiary/aromatic N) is 2. The zero-order valence-corrected chi connectivity index (χ0v) is 20.6. The third-order valence-electron chi connectivity index (χ3n) is 7.63. The summed E-state index contributed by atoms with van der Waals surface area (Å²) in [6.45, 7) is 7.04. The van der Waals surface area contributed by atoms with Crippen LogP contribution in [0.5, 0.6) is 0 Å². The first-order chi connectivity index (χ1) is 16.2. The topological polar surface area (TPSA) is 75.9 Å². The number of halogens is 1. The van der Waals surface area contributed by atoms with Gasteiger partial charge in [-0.3, -0.25) is 14.5 Å². The zero-order valence-electron chi connectivity index (χ0n) is 19.8. The molecular formula is C26H32FN3O3S. The number of piperidine rings is 2. The first kappa shape index (κ1) is 23.3. The molecule has 182 valence electrons. The minimum atomic E-state index is -0.390. The number of hydrogen-bond acceptors (Lipinski definition) is 6. The molecule has 0 aliphatic carbocycles. The third-order valence-corrected chi connectivity index (χ3v) is 8.44. The summed E-state index contributed by atoms with van der Waals surface area (Å²) in [5.41, 5.74) is 7.50. The second kappa shape index (κ2) is 8.64. The van der Waals surface area contributed by atoms with Crippen molar-refractivity contribution in [3.05, 3.63) is 41.0 Å². The molecule has 1 amide bonds. The van der Waals surface area contributed by atoms with E-state index in [0.717, 1.165) is 56.3 Å². The second-order valence-corrected chi connectivity index (χ2v) is 11.5. The van der Waals surface area contributed by atoms with Crippen molar-refractivity contribution in [3.8, 4) is 11.1 Å². The summed E-state index contributed by atoms with van der Waals surface area (Å²) in [7, 11) is 0. The van der Waals surface area contributed by atoms with E-state index in [-0.39, 0.29) is 23.1 Å². The number of likely N-dealkylation sites (tertiary alicyclic amines) is 2. The van der Waals surface area contributed by atoms with Crippen molar-refractivity contribution < 1.29 is 18.7 Å². The fourth-order valence-electron chi connectivity index (χ4n) is 6.10. The Morgan fingerprint density at radius 3 is 2.53 bits per heavy atom. The Hall–Kier alpha value is -2.45. The Kier molecular flexibility index (Phi) is 5.92. The highest BCUT2D eigenvalue weighted by Crippen LogP contribution is 2.47. The lowest BCUT2D eigenvalue weighted by Gasteiger charge is -2.44. The van der Waals surface area contributed by atoms with Gasteiger partial charge in [0.2, 0.25) is 0 Å². The average Bonchev–Trinajstić information content (AvgIpc) is 3.29. The van der Waals surface area contributed by atoms with Crippen LogP contribution in [0.4, 0.5) is 9.39 Å². The van der Waals surface area contributed by atoms with Crippen LogP contribution in [0.1, 0.15) is 56.3 Å². The molecule has 34 heavy (non-hydrogen) atoms. The van der Waals surface area contributed by atoms with Crippen LogP contribution in [0.3, 0.4) is 0 Å². The van der Waals surface area contributed by atoms with E-state index < -0.39 is 5.60 Å². The normalized spacial score (nSPS) is 25.6. The van der Waals surface area contributed by atoms with Crippen LogP contribution in [-0.4, -0.2) is 59.5 Å². The summed E-state index contributed by atoms with van der Waals surface area (Å²) < 4.78 is 19.1. The van der Waals surface area contributed by atoms with Gasteiger partial charge in [0.15, 0.2) is 0 Å². The SMILES string of the molecule is CC1(C)CC2(CCCN(C3CCN(C(=O)c4c(-c5ccc(F)cc5)csc4N)CC3)C2)C(=O)O1. The minimum Gasteiger partial charge on any atom is -0.459 e. The van der Waals surface area contributed by atoms with Gasteiger partial charge >= 0.3 is 5.97 Å². The van der Waals surface area contributed by atoms with Gasteiger partial charge in [0.25, 0.3) is 5.91 Å². The fraction of sp³-hybridized carbons (Fsp3) is 0.538. The lowest BCUT2D eigenvalue weighted by Crippen LogP contribution is -2.53. The molecule has 3 saturated heterocycles. The summed E-state index contributed by atoms with van der Waals surface area (Å²) in [5, 5.41) is 2.37. The monoisotopic (exact) mass is 485 g/mol. The van der Waals surface area contributed by atoms with E-state index in [1.807, 2.05) is 24.1 Å². The molecule has 1 spiro atoms. The number of benzene rings is 1. The second-order valence-electron chi connectivity index (χ2n) is 10.6. The van der Waals surface area contributed by atoms with Gasteiger partial charge in [-0.1, -0.05) is 12.1 Å². The number of hydrogen-bond donors (Lipinski definition) is 1. The van der Waals surface area contributed by atoms with E-state index in [1.165, 1.54) is 23.5 Å². The quantitative estimate of drug-likeness (QED) is 0.646. The van der Waals surface area contributed by atoms with Gasteiger partial charge < -0.3 is 15.4 Å². The van der Waals surface area contributed by atoms with Gasteiger partial charge in [-0.05, 0) is 63.8 Å². The van der Waals surface area contributed by atoms with Gasteiger partial charge in [0.1, 0.15) is 11.4 Å². The van der Waals surface area contributed by atoms with Crippen molar-refractivity contribution >= 4 is 28.2 Å². The number of rotatable bonds is 3. The van der Waals surface area contributed by atoms with E-state index in [1.54, 1.807) is 12.1 Å². The van der Waals surface area contributed by atoms with Crippen molar-refractivity contribution in [2.75, 3.05) is 31.9 Å². The third kappa shape index (κ3) is 4.22. The number of anilines is 1. The van der Waals surface area contributed by atoms with Gasteiger partial charge in [0.05, 0.1) is 16.0 Å². The van der Waals surface area contributed by atoms with Crippen LogP contribution >= 0.6 is 11.3 Å². The zero-order chi connectivity index (χ0) is 24.1. The number of cyclic esters (lactones) is 1. The highest BCUT2D eigenvalue weighted by Gasteiger charge is 2.54. The Morgan fingerprint density at radius 1 is 1.18 bits per heavy atom. The molecule has 1 unspecified atom stereocenters. The van der Waals surface area contributed by atoms with Crippen molar-refractivity contribution in [3.63, 3.8) is 0 Å². The van der Waals surface area contributed by atoms with E-state index in [9.17, 15) is 14.0 Å². The summed E-state index contributed by atoms with van der Waals surface area (Å²) in [5.74, 6) is -0.417. The standard InChI is InChI=1S/C26H32FN3O3S/c1-25(2)15-26(24(32)33-25)10-3-11-30(16-26)19-8-12-29(13-9-19)23(31)21-20(14-34-22(21)28)17-4-6-18(27)7-5-17/h4-7,14,19H,3,8-13,15-16,28H2,1-2H3. The Labute approximate surface area is 203 Å². The Morgan fingerprint density at radius 2 is 1.88 bits per heavy atom. The highest BCUT2D eigenvalue weighted by molar-refractivity contribution is 7.15. The molecule has 8 heteroatoms. The highest BCUT2D eigenvalue weighted by atomic mass is 32.1. The molecule has 4 heterocycles. The molecule has 2 aromatic rings. The maximum atomic E-state index is 13.4. The van der Waals surface area contributed by atoms with Crippen molar-refractivity contribution in [1.29, 1.82) is 0 Å². The molecular weight excluding hydrogens is 453 g/mol. The van der Waals surface area contributed by atoms with Crippen LogP contribution in [0.2, 0.25) is 0 Å². The molecule has 3 aliphatic rings. The first-order valence-electron chi connectivity index (χ1n) is 12.1. The molecule has 1 aromatic heterocycles. The van der Waals surface area contributed by atoms with Crippen LogP contribution in [-0.2, 0) is 9.53 Å². The van der Waals surface area contributed by atoms with Gasteiger partial charge in [-0.25, -0.2) is 4.39 Å². The molecule has 2 N–H and O–H groups in total. The predicted octanol–water partition coefficient (Wildman–Crippen LogP) is 4.55. The summed E-state index contributed by atoms with van der Waals surface area (Å²) in [6, 6.07) is 6.52. The maximum Gasteiger partial charge on any atom is 0.314 e. The van der Waals surface area contributed by atoms with E-state index >= 15 is 0 Å². The van der Waals surface area contributed by atoms with Crippen LogP contribution < -0.4 is 5.73 Å². The number of nitrogen functional groups attached to an aromatic ring is 1. The average molecular weight is 486 g/mol. The smallest absolute Gasteiger partial charge is 0.314 e. The molecule has 0 radical (unpaired) electrons. The number of esters is 1. The number of thiophene rings is 1. The molecule has 3 aliphatic heterocycles. The summed E-state index contributed by atoms with van der Waals surface area (Å²) in [4.78, 5) is 30.5. The van der Waals surface area contributed by atoms with Gasteiger partial charge in [0, 0.05) is 43.0 Å². The molecule has 5 rings (SSSR count). The Bertz CT molecular complexity index is 1090. The number of amides is 1. The van der Waals surface area contributed by atoms with Crippen molar-refractivity contribution in [1.82, 2.24) is 9.80 Å². The van der Waals surface area contributed by atoms with Crippen molar-refractivity contribution in [2.45, 2.75) is 57.6 Å². The molecule has 0 bridgehead atoms. The fourth-order valence-corrected chi connectivity index (χ4v) is 6.91. The van der Waals surface area contributed by atoms with Crippen molar-refractivity contribution in [2.24, 2.45) is 5.41 Å². The maximum absolute atomic E-state index is 13.4.